The lowest BCUT2D eigenvalue weighted by Gasteiger charge is -2.35. The standard InChI is InChI=1S/C17H27ClN2/c1-3-16(19)17(14-8-4-5-9-15(14)18)20-11-6-7-13(2)10-12-20/h4-5,8-9,13,16-17H,3,6-7,10-12,19H2,1-2H3. The fourth-order valence-electron chi connectivity index (χ4n) is 3.20. The number of hydrogen-bond donors (Lipinski definition) is 1. The van der Waals surface area contributed by atoms with Gasteiger partial charge in [-0.25, -0.2) is 0 Å². The molecule has 1 saturated heterocycles. The Labute approximate surface area is 128 Å². The van der Waals surface area contributed by atoms with Crippen LogP contribution in [0, 0.1) is 5.92 Å². The molecule has 2 nitrogen and oxygen atoms in total. The van der Waals surface area contributed by atoms with E-state index < -0.39 is 0 Å². The van der Waals surface area contributed by atoms with Crippen LogP contribution in [0.2, 0.25) is 5.02 Å². The third kappa shape index (κ3) is 3.75. The highest BCUT2D eigenvalue weighted by Crippen LogP contribution is 2.32. The number of rotatable bonds is 4. The van der Waals surface area contributed by atoms with Crippen LogP contribution in [0.4, 0.5) is 0 Å². The lowest BCUT2D eigenvalue weighted by Crippen LogP contribution is -2.41. The van der Waals surface area contributed by atoms with Gasteiger partial charge in [0.05, 0.1) is 6.04 Å². The van der Waals surface area contributed by atoms with Gasteiger partial charge in [0.25, 0.3) is 0 Å². The summed E-state index contributed by atoms with van der Waals surface area (Å²) in [5.74, 6) is 0.824. The maximum Gasteiger partial charge on any atom is 0.0513 e. The zero-order chi connectivity index (χ0) is 14.5. The summed E-state index contributed by atoms with van der Waals surface area (Å²) in [6, 6.07) is 8.56. The molecule has 3 atom stereocenters. The molecule has 0 spiro atoms. The van der Waals surface area contributed by atoms with Crippen LogP contribution in [0.25, 0.3) is 0 Å². The van der Waals surface area contributed by atoms with Gasteiger partial charge in [0.2, 0.25) is 0 Å². The van der Waals surface area contributed by atoms with E-state index in [4.69, 9.17) is 17.3 Å². The molecule has 2 N–H and O–H groups in total. The Balaban J connectivity index is 2.26. The van der Waals surface area contributed by atoms with Crippen LogP contribution >= 0.6 is 11.6 Å². The molecule has 0 bridgehead atoms. The van der Waals surface area contributed by atoms with E-state index in [0.29, 0.717) is 0 Å². The van der Waals surface area contributed by atoms with E-state index in [9.17, 15) is 0 Å². The lowest BCUT2D eigenvalue weighted by molar-refractivity contribution is 0.174. The van der Waals surface area contributed by atoms with Gasteiger partial charge in [-0.1, -0.05) is 43.6 Å². The molecule has 0 aliphatic carbocycles. The number of likely N-dealkylation sites (tertiary alicyclic amines) is 1. The van der Waals surface area contributed by atoms with Crippen molar-refractivity contribution in [3.63, 3.8) is 0 Å². The van der Waals surface area contributed by atoms with Crippen LogP contribution in [-0.4, -0.2) is 24.0 Å². The number of halogens is 1. The fourth-order valence-corrected chi connectivity index (χ4v) is 3.45. The molecule has 3 heteroatoms. The normalized spacial score (nSPS) is 24.1. The summed E-state index contributed by atoms with van der Waals surface area (Å²) >= 11 is 6.43. The lowest BCUT2D eigenvalue weighted by atomic mass is 9.96. The van der Waals surface area contributed by atoms with Crippen molar-refractivity contribution in [1.82, 2.24) is 4.90 Å². The van der Waals surface area contributed by atoms with E-state index in [-0.39, 0.29) is 12.1 Å². The van der Waals surface area contributed by atoms with Gasteiger partial charge >= 0.3 is 0 Å². The molecule has 0 radical (unpaired) electrons. The molecular formula is C17H27ClN2. The van der Waals surface area contributed by atoms with Crippen LogP contribution in [0.3, 0.4) is 0 Å². The number of hydrogen-bond acceptors (Lipinski definition) is 2. The zero-order valence-corrected chi connectivity index (χ0v) is 13.4. The van der Waals surface area contributed by atoms with E-state index in [0.717, 1.165) is 30.5 Å². The van der Waals surface area contributed by atoms with Gasteiger partial charge in [-0.15, -0.1) is 0 Å². The molecule has 2 rings (SSSR count). The largest absolute Gasteiger partial charge is 0.326 e. The first-order valence-electron chi connectivity index (χ1n) is 7.87. The first-order chi connectivity index (χ1) is 9.63. The van der Waals surface area contributed by atoms with Crippen LogP contribution < -0.4 is 5.73 Å². The fraction of sp³-hybridized carbons (Fsp3) is 0.647. The molecule has 0 amide bonds. The van der Waals surface area contributed by atoms with Crippen LogP contribution in [0.1, 0.15) is 51.1 Å². The van der Waals surface area contributed by atoms with Crippen molar-refractivity contribution in [3.05, 3.63) is 34.9 Å². The third-order valence-electron chi connectivity index (χ3n) is 4.55. The molecule has 1 heterocycles. The van der Waals surface area contributed by atoms with E-state index in [1.807, 2.05) is 12.1 Å². The minimum absolute atomic E-state index is 0.142. The summed E-state index contributed by atoms with van der Waals surface area (Å²) < 4.78 is 0. The van der Waals surface area contributed by atoms with Crippen molar-refractivity contribution in [2.45, 2.75) is 51.6 Å². The van der Waals surface area contributed by atoms with Gasteiger partial charge in [0.15, 0.2) is 0 Å². The molecule has 1 aliphatic heterocycles. The van der Waals surface area contributed by atoms with Crippen LogP contribution in [0.15, 0.2) is 24.3 Å². The smallest absolute Gasteiger partial charge is 0.0513 e. The van der Waals surface area contributed by atoms with Crippen molar-refractivity contribution in [1.29, 1.82) is 0 Å². The van der Waals surface area contributed by atoms with Crippen molar-refractivity contribution in [2.75, 3.05) is 13.1 Å². The summed E-state index contributed by atoms with van der Waals surface area (Å²) in [6.07, 6.45) is 4.82. The van der Waals surface area contributed by atoms with E-state index in [1.54, 1.807) is 0 Å². The Morgan fingerprint density at radius 1 is 1.30 bits per heavy atom. The van der Waals surface area contributed by atoms with Crippen LogP contribution in [0.5, 0.6) is 0 Å². The Morgan fingerprint density at radius 3 is 2.75 bits per heavy atom. The van der Waals surface area contributed by atoms with E-state index >= 15 is 0 Å². The highest BCUT2D eigenvalue weighted by molar-refractivity contribution is 6.31. The monoisotopic (exact) mass is 294 g/mol. The van der Waals surface area contributed by atoms with Gasteiger partial charge < -0.3 is 5.73 Å². The molecule has 1 aliphatic rings. The number of nitrogens with zero attached hydrogens (tertiary/aromatic N) is 1. The molecule has 1 aromatic carbocycles. The topological polar surface area (TPSA) is 29.3 Å². The SMILES string of the molecule is CCC(N)C(c1ccccc1Cl)N1CCCC(C)CC1. The van der Waals surface area contributed by atoms with Crippen molar-refractivity contribution in [2.24, 2.45) is 11.7 Å². The van der Waals surface area contributed by atoms with Crippen molar-refractivity contribution in [3.8, 4) is 0 Å². The second kappa shape index (κ2) is 7.44. The molecule has 0 aromatic heterocycles. The van der Waals surface area contributed by atoms with Gasteiger partial charge in [-0.2, -0.15) is 0 Å². The third-order valence-corrected chi connectivity index (χ3v) is 4.89. The Hall–Kier alpha value is -0.570. The van der Waals surface area contributed by atoms with Crippen molar-refractivity contribution < 1.29 is 0 Å². The molecule has 1 fully saturated rings. The summed E-state index contributed by atoms with van der Waals surface area (Å²) in [5, 5.41) is 0.846. The first-order valence-corrected chi connectivity index (χ1v) is 8.25. The van der Waals surface area contributed by atoms with Gasteiger partial charge in [-0.05, 0) is 56.3 Å². The average molecular weight is 295 g/mol. The summed E-state index contributed by atoms with van der Waals surface area (Å²) in [7, 11) is 0. The summed E-state index contributed by atoms with van der Waals surface area (Å²) in [5.41, 5.74) is 7.63. The highest BCUT2D eigenvalue weighted by atomic mass is 35.5. The van der Waals surface area contributed by atoms with Gasteiger partial charge in [0.1, 0.15) is 0 Å². The van der Waals surface area contributed by atoms with Gasteiger partial charge in [0, 0.05) is 11.1 Å². The molecule has 112 valence electrons. The Kier molecular flexibility index (Phi) is 5.88. The average Bonchev–Trinajstić information content (AvgIpc) is 2.66. The summed E-state index contributed by atoms with van der Waals surface area (Å²) in [6.45, 7) is 6.78. The second-order valence-electron chi connectivity index (χ2n) is 6.11. The summed E-state index contributed by atoms with van der Waals surface area (Å²) in [4.78, 5) is 2.55. The maximum atomic E-state index is 6.43. The quantitative estimate of drug-likeness (QED) is 0.900. The maximum absolute atomic E-state index is 6.43. The molecular weight excluding hydrogens is 268 g/mol. The Morgan fingerprint density at radius 2 is 2.05 bits per heavy atom. The minimum Gasteiger partial charge on any atom is -0.326 e. The number of nitrogens with two attached hydrogens (primary N) is 1. The van der Waals surface area contributed by atoms with E-state index in [1.165, 1.54) is 24.8 Å². The zero-order valence-electron chi connectivity index (χ0n) is 12.7. The molecule has 3 unspecified atom stereocenters. The molecule has 0 saturated carbocycles. The second-order valence-corrected chi connectivity index (χ2v) is 6.52. The minimum atomic E-state index is 0.142. The predicted octanol–water partition coefficient (Wildman–Crippen LogP) is 4.24. The Bertz CT molecular complexity index is 421. The van der Waals surface area contributed by atoms with Crippen LogP contribution in [-0.2, 0) is 0 Å². The molecule has 20 heavy (non-hydrogen) atoms. The predicted molar refractivity (Wildman–Crippen MR) is 87.0 cm³/mol. The van der Waals surface area contributed by atoms with Gasteiger partial charge in [-0.3, -0.25) is 4.90 Å². The van der Waals surface area contributed by atoms with Crippen molar-refractivity contribution >= 4 is 11.6 Å². The molecule has 1 aromatic rings. The highest BCUT2D eigenvalue weighted by Gasteiger charge is 2.28. The first kappa shape index (κ1) is 15.8. The number of benzene rings is 1. The van der Waals surface area contributed by atoms with E-state index in [2.05, 4.69) is 30.9 Å².